The third-order valence-electron chi connectivity index (χ3n) is 6.30. The van der Waals surface area contributed by atoms with Gasteiger partial charge in [-0.2, -0.15) is 5.10 Å². The average molecular weight is 485 g/mol. The van der Waals surface area contributed by atoms with E-state index in [4.69, 9.17) is 24.6 Å². The number of hydrogen-bond acceptors (Lipinski definition) is 6. The van der Waals surface area contributed by atoms with Gasteiger partial charge in [-0.15, -0.1) is 0 Å². The van der Waals surface area contributed by atoms with Gasteiger partial charge in [0.2, 0.25) is 0 Å². The summed E-state index contributed by atoms with van der Waals surface area (Å²) in [5.41, 5.74) is -0.659. The van der Waals surface area contributed by atoms with Crippen LogP contribution >= 0.6 is 11.6 Å². The molecule has 0 bridgehead atoms. The molecule has 7 nitrogen and oxygen atoms in total. The molecule has 1 aliphatic carbocycles. The molecule has 2 aliphatic rings. The van der Waals surface area contributed by atoms with Crippen LogP contribution in [0.3, 0.4) is 0 Å². The molecule has 2 fully saturated rings. The van der Waals surface area contributed by atoms with Crippen LogP contribution in [0.1, 0.15) is 74.7 Å². The number of hydrogen-bond donors (Lipinski definition) is 0. The zero-order valence-corrected chi connectivity index (χ0v) is 18.8. The maximum absolute atomic E-state index is 15.2. The van der Waals surface area contributed by atoms with E-state index in [0.717, 1.165) is 24.5 Å². The highest BCUT2D eigenvalue weighted by molar-refractivity contribution is 6.30. The van der Waals surface area contributed by atoms with E-state index in [9.17, 15) is 0 Å². The van der Waals surface area contributed by atoms with Crippen molar-refractivity contribution in [3.05, 3.63) is 64.2 Å². The van der Waals surface area contributed by atoms with Crippen LogP contribution in [0.5, 0.6) is 0 Å². The maximum atomic E-state index is 15.2. The van der Waals surface area contributed by atoms with Gasteiger partial charge in [-0.1, -0.05) is 11.6 Å². The van der Waals surface area contributed by atoms with Gasteiger partial charge in [-0.3, -0.25) is 4.68 Å². The Labute approximate surface area is 209 Å². The Bertz CT molecular complexity index is 1610. The lowest BCUT2D eigenvalue weighted by atomic mass is 9.92. The lowest BCUT2D eigenvalue weighted by Crippen LogP contribution is -2.20. The monoisotopic (exact) mass is 484 g/mol. The third-order valence-corrected chi connectivity index (χ3v) is 6.53. The molecule has 1 aliphatic heterocycles. The van der Waals surface area contributed by atoms with E-state index in [1.165, 1.54) is 12.1 Å². The molecule has 4 heterocycles. The minimum atomic E-state index is -2.89. The molecule has 1 saturated heterocycles. The molecule has 1 saturated carbocycles. The van der Waals surface area contributed by atoms with Gasteiger partial charge in [0.1, 0.15) is 22.9 Å². The van der Waals surface area contributed by atoms with E-state index < -0.39 is 30.9 Å². The largest absolute Gasteiger partial charge is 0.373 e. The number of aryl methyl sites for hydroxylation is 2. The molecule has 3 aromatic heterocycles. The van der Waals surface area contributed by atoms with Crippen LogP contribution in [0.15, 0.2) is 30.6 Å². The summed E-state index contributed by atoms with van der Waals surface area (Å²) >= 11 is 5.97. The van der Waals surface area contributed by atoms with Crippen molar-refractivity contribution in [2.75, 3.05) is 6.61 Å². The molecule has 1 aromatic carbocycles. The van der Waals surface area contributed by atoms with Gasteiger partial charge < -0.3 is 4.74 Å². The summed E-state index contributed by atoms with van der Waals surface area (Å²) in [6.45, 7) is -5.34. The van der Waals surface area contributed by atoms with Crippen molar-refractivity contribution in [1.82, 2.24) is 29.7 Å². The molecule has 6 rings (SSSR count). The van der Waals surface area contributed by atoms with Crippen LogP contribution < -0.4 is 0 Å². The van der Waals surface area contributed by atoms with Crippen LogP contribution in [-0.2, 0) is 4.74 Å². The quantitative estimate of drug-likeness (QED) is 0.371. The van der Waals surface area contributed by atoms with Crippen molar-refractivity contribution in [1.29, 1.82) is 0 Å². The fourth-order valence-corrected chi connectivity index (χ4v) is 4.50. The number of halogens is 2. The Balaban J connectivity index is 1.49. The van der Waals surface area contributed by atoms with Gasteiger partial charge in [-0.05, 0) is 57.6 Å². The van der Waals surface area contributed by atoms with Crippen molar-refractivity contribution in [2.45, 2.75) is 57.5 Å². The molecule has 0 amide bonds. The molecular weight excluding hydrogens is 455 g/mol. The van der Waals surface area contributed by atoms with E-state index in [1.54, 1.807) is 6.20 Å². The molecule has 174 valence electrons. The van der Waals surface area contributed by atoms with Crippen molar-refractivity contribution in [3.63, 3.8) is 0 Å². The SMILES string of the molecule is [2H]C([2H])([2H])c1nc2nc([C@@H]3CCO[C@H](c4cnn(C5CC5)c4)C3)nc(-c3ccc(Cl)cc3F)c2nc1C([2H])([2H])[2H]. The van der Waals surface area contributed by atoms with Gasteiger partial charge in [0.15, 0.2) is 5.65 Å². The lowest BCUT2D eigenvalue weighted by molar-refractivity contribution is 0.00396. The van der Waals surface area contributed by atoms with Gasteiger partial charge in [0, 0.05) is 43.1 Å². The third kappa shape index (κ3) is 3.95. The first kappa shape index (κ1) is 15.8. The predicted molar refractivity (Wildman–Crippen MR) is 126 cm³/mol. The molecule has 2 atom stereocenters. The number of ether oxygens (including phenoxy) is 1. The van der Waals surface area contributed by atoms with Crippen molar-refractivity contribution in [2.24, 2.45) is 0 Å². The minimum absolute atomic E-state index is 0.00820. The Morgan fingerprint density at radius 1 is 1.12 bits per heavy atom. The Kier molecular flexibility index (Phi) is 3.89. The van der Waals surface area contributed by atoms with Crippen molar-refractivity contribution in [3.8, 4) is 11.3 Å². The molecule has 0 radical (unpaired) electrons. The predicted octanol–water partition coefficient (Wildman–Crippen LogP) is 5.66. The second-order valence-corrected chi connectivity index (χ2v) is 9.15. The van der Waals surface area contributed by atoms with Crippen LogP contribution in [0.2, 0.25) is 5.02 Å². The van der Waals surface area contributed by atoms with Crippen LogP contribution in [0.25, 0.3) is 22.4 Å². The molecule has 0 spiro atoms. The number of nitrogens with zero attached hydrogens (tertiary/aromatic N) is 6. The van der Waals surface area contributed by atoms with Gasteiger partial charge in [0.25, 0.3) is 0 Å². The van der Waals surface area contributed by atoms with Crippen molar-refractivity contribution >= 4 is 22.8 Å². The Morgan fingerprint density at radius 3 is 2.76 bits per heavy atom. The normalized spacial score (nSPS) is 24.1. The number of aromatic nitrogens is 6. The molecule has 0 N–H and O–H groups in total. The summed E-state index contributed by atoms with van der Waals surface area (Å²) in [6, 6.07) is 4.43. The van der Waals surface area contributed by atoms with Gasteiger partial charge in [0.05, 0.1) is 29.7 Å². The molecule has 4 aromatic rings. The number of fused-ring (bicyclic) bond motifs is 1. The highest BCUT2D eigenvalue weighted by atomic mass is 35.5. The Hall–Kier alpha value is -2.97. The van der Waals surface area contributed by atoms with Gasteiger partial charge >= 0.3 is 0 Å². The first-order valence-corrected chi connectivity index (χ1v) is 11.5. The molecular formula is C25H24ClFN6O. The van der Waals surface area contributed by atoms with Crippen LogP contribution in [0, 0.1) is 19.5 Å². The second kappa shape index (κ2) is 8.36. The molecule has 0 unspecified atom stereocenters. The first-order chi connectivity index (χ1) is 18.9. The summed E-state index contributed by atoms with van der Waals surface area (Å²) in [4.78, 5) is 17.6. The average Bonchev–Trinajstić information content (AvgIpc) is 3.62. The zero-order chi connectivity index (χ0) is 28.4. The summed E-state index contributed by atoms with van der Waals surface area (Å²) in [5, 5.41) is 4.62. The Morgan fingerprint density at radius 2 is 1.97 bits per heavy atom. The fourth-order valence-electron chi connectivity index (χ4n) is 4.34. The lowest BCUT2D eigenvalue weighted by Gasteiger charge is -2.28. The number of benzene rings is 1. The summed E-state index contributed by atoms with van der Waals surface area (Å²) in [6.07, 6.45) is 6.81. The standard InChI is InChI=1S/C25H24ClFN6O/c1-13-14(2)30-25-23(29-13)22(19-6-3-17(26)10-20(19)27)31-24(32-25)15-7-8-34-21(9-15)16-11-28-33(12-16)18-4-5-18/h3,6,10-12,15,18,21H,4-5,7-9H2,1-2H3/t15-,21+/m1/s1/i1D3,2D3. The summed E-state index contributed by atoms with van der Waals surface area (Å²) in [5.74, 6) is -0.623. The highest BCUT2D eigenvalue weighted by Crippen LogP contribution is 2.40. The van der Waals surface area contributed by atoms with Crippen LogP contribution in [-0.4, -0.2) is 36.3 Å². The van der Waals surface area contributed by atoms with E-state index in [-0.39, 0.29) is 39.5 Å². The summed E-state index contributed by atoms with van der Waals surface area (Å²) in [7, 11) is 0. The zero-order valence-electron chi connectivity index (χ0n) is 24.0. The topological polar surface area (TPSA) is 78.6 Å². The molecule has 34 heavy (non-hydrogen) atoms. The van der Waals surface area contributed by atoms with Gasteiger partial charge in [-0.25, -0.2) is 24.3 Å². The minimum Gasteiger partial charge on any atom is -0.373 e. The first-order valence-electron chi connectivity index (χ1n) is 14.1. The maximum Gasteiger partial charge on any atom is 0.182 e. The van der Waals surface area contributed by atoms with Crippen molar-refractivity contribution < 1.29 is 17.4 Å². The second-order valence-electron chi connectivity index (χ2n) is 8.71. The van der Waals surface area contributed by atoms with E-state index in [2.05, 4.69) is 25.0 Å². The number of rotatable bonds is 4. The summed E-state index contributed by atoms with van der Waals surface area (Å²) < 4.78 is 70.5. The molecule has 9 heteroatoms. The van der Waals surface area contributed by atoms with E-state index in [1.807, 2.05) is 10.9 Å². The van der Waals surface area contributed by atoms with E-state index >= 15 is 4.39 Å². The van der Waals surface area contributed by atoms with Crippen LogP contribution in [0.4, 0.5) is 4.39 Å². The smallest absolute Gasteiger partial charge is 0.182 e. The fraction of sp³-hybridized carbons (Fsp3) is 0.400. The van der Waals surface area contributed by atoms with E-state index in [0.29, 0.717) is 31.3 Å². The highest BCUT2D eigenvalue weighted by Gasteiger charge is 2.31.